The highest BCUT2D eigenvalue weighted by molar-refractivity contribution is 6.31. The number of fused-ring (bicyclic) bond motifs is 1. The minimum absolute atomic E-state index is 0.110. The van der Waals surface area contributed by atoms with Gasteiger partial charge in [0.2, 0.25) is 12.7 Å². The Labute approximate surface area is 241 Å². The number of carbonyl (C=O) groups excluding carboxylic acids is 2. The summed E-state index contributed by atoms with van der Waals surface area (Å²) in [4.78, 5) is 28.1. The monoisotopic (exact) mass is 573 g/mol. The molecule has 11 heteroatoms. The van der Waals surface area contributed by atoms with E-state index < -0.39 is 12.0 Å². The predicted octanol–water partition coefficient (Wildman–Crippen LogP) is 4.17. The van der Waals surface area contributed by atoms with Gasteiger partial charge in [-0.1, -0.05) is 77.5 Å². The molecule has 3 aromatic carbocycles. The van der Waals surface area contributed by atoms with Gasteiger partial charge in [0.25, 0.3) is 0 Å². The van der Waals surface area contributed by atoms with Crippen molar-refractivity contribution in [1.29, 1.82) is 0 Å². The van der Waals surface area contributed by atoms with Crippen molar-refractivity contribution >= 4 is 23.5 Å². The van der Waals surface area contributed by atoms with Crippen LogP contribution in [0.3, 0.4) is 0 Å². The lowest BCUT2D eigenvalue weighted by Crippen LogP contribution is -2.44. The van der Waals surface area contributed by atoms with E-state index in [9.17, 15) is 9.59 Å². The van der Waals surface area contributed by atoms with Crippen molar-refractivity contribution in [2.45, 2.75) is 31.1 Å². The van der Waals surface area contributed by atoms with Crippen LogP contribution in [0.5, 0.6) is 11.5 Å². The van der Waals surface area contributed by atoms with Crippen LogP contribution in [0, 0.1) is 0 Å². The lowest BCUT2D eigenvalue weighted by atomic mass is 9.98. The van der Waals surface area contributed by atoms with Crippen LogP contribution in [0.15, 0.2) is 79.0 Å². The highest BCUT2D eigenvalue weighted by Gasteiger charge is 2.39. The molecular formula is C30H28ClN5O5. The average Bonchev–Trinajstić information content (AvgIpc) is 3.76. The average molecular weight is 574 g/mol. The van der Waals surface area contributed by atoms with E-state index in [-0.39, 0.29) is 30.5 Å². The van der Waals surface area contributed by atoms with Gasteiger partial charge >= 0.3 is 5.97 Å². The van der Waals surface area contributed by atoms with Crippen molar-refractivity contribution in [1.82, 2.24) is 25.2 Å². The number of methoxy groups -OCH3 is 1. The summed E-state index contributed by atoms with van der Waals surface area (Å²) >= 11 is 6.62. The second-order valence-corrected chi connectivity index (χ2v) is 10.4. The van der Waals surface area contributed by atoms with Gasteiger partial charge in [0.05, 0.1) is 31.4 Å². The van der Waals surface area contributed by atoms with E-state index in [0.717, 1.165) is 16.7 Å². The van der Waals surface area contributed by atoms with Crippen molar-refractivity contribution in [2.24, 2.45) is 0 Å². The molecule has 1 amide bonds. The summed E-state index contributed by atoms with van der Waals surface area (Å²) in [5, 5.41) is 11.9. The van der Waals surface area contributed by atoms with E-state index in [0.29, 0.717) is 36.0 Å². The van der Waals surface area contributed by atoms with E-state index >= 15 is 0 Å². The number of nitrogens with one attached hydrogen (secondary N) is 1. The fourth-order valence-electron chi connectivity index (χ4n) is 5.36. The lowest BCUT2D eigenvalue weighted by molar-refractivity contribution is -0.126. The molecule has 0 unspecified atom stereocenters. The van der Waals surface area contributed by atoms with Gasteiger partial charge in [-0.3, -0.25) is 9.69 Å². The molecule has 2 atom stereocenters. The van der Waals surface area contributed by atoms with Crippen LogP contribution in [0.1, 0.15) is 45.7 Å². The molecular weight excluding hydrogens is 546 g/mol. The van der Waals surface area contributed by atoms with Gasteiger partial charge in [-0.2, -0.15) is 0 Å². The molecule has 41 heavy (non-hydrogen) atoms. The first kappa shape index (κ1) is 26.8. The Balaban J connectivity index is 1.30. The summed E-state index contributed by atoms with van der Waals surface area (Å²) in [7, 11) is 1.30. The van der Waals surface area contributed by atoms with Crippen molar-refractivity contribution in [2.75, 3.05) is 20.4 Å². The first-order valence-electron chi connectivity index (χ1n) is 13.2. The van der Waals surface area contributed by atoms with Crippen LogP contribution < -0.4 is 14.8 Å². The zero-order valence-corrected chi connectivity index (χ0v) is 23.0. The Kier molecular flexibility index (Phi) is 7.58. The molecule has 3 heterocycles. The van der Waals surface area contributed by atoms with Crippen molar-refractivity contribution in [3.63, 3.8) is 0 Å². The number of hydrogen-bond acceptors (Lipinski definition) is 8. The second-order valence-electron chi connectivity index (χ2n) is 9.97. The quantitative estimate of drug-likeness (QED) is 0.313. The van der Waals surface area contributed by atoms with Gasteiger partial charge in [-0.15, -0.1) is 5.10 Å². The number of nitrogens with zero attached hydrogens (tertiary/aromatic N) is 4. The first-order chi connectivity index (χ1) is 20.0. The van der Waals surface area contributed by atoms with Crippen LogP contribution in [0.4, 0.5) is 0 Å². The fourth-order valence-corrected chi connectivity index (χ4v) is 5.57. The number of esters is 1. The molecule has 0 radical (unpaired) electrons. The molecule has 210 valence electrons. The van der Waals surface area contributed by atoms with Gasteiger partial charge in [0, 0.05) is 24.2 Å². The number of aromatic nitrogens is 3. The Morgan fingerprint density at radius 3 is 2.37 bits per heavy atom. The Morgan fingerprint density at radius 2 is 1.71 bits per heavy atom. The zero-order chi connectivity index (χ0) is 28.3. The number of hydrogen-bond donors (Lipinski definition) is 1. The number of benzene rings is 3. The fraction of sp³-hybridized carbons (Fsp3) is 0.267. The maximum absolute atomic E-state index is 14.1. The third-order valence-electron chi connectivity index (χ3n) is 7.43. The minimum atomic E-state index is -0.568. The molecule has 1 saturated heterocycles. The van der Waals surface area contributed by atoms with Gasteiger partial charge in [-0.05, 0) is 29.2 Å². The smallest absolute Gasteiger partial charge is 0.360 e. The molecule has 6 rings (SSSR count). The Bertz CT molecular complexity index is 1510. The molecule has 1 N–H and O–H groups in total. The third kappa shape index (κ3) is 5.61. The maximum atomic E-state index is 14.1. The molecule has 1 fully saturated rings. The molecule has 0 spiro atoms. The van der Waals surface area contributed by atoms with Crippen LogP contribution in [0.2, 0.25) is 5.02 Å². The van der Waals surface area contributed by atoms with Crippen molar-refractivity contribution in [3.8, 4) is 11.5 Å². The minimum Gasteiger partial charge on any atom is -0.464 e. The zero-order valence-electron chi connectivity index (χ0n) is 22.3. The van der Waals surface area contributed by atoms with Crippen molar-refractivity contribution < 1.29 is 23.8 Å². The molecule has 2 aliphatic rings. The van der Waals surface area contributed by atoms with E-state index in [1.807, 2.05) is 66.7 Å². The summed E-state index contributed by atoms with van der Waals surface area (Å²) in [5.41, 5.74) is 2.88. The van der Waals surface area contributed by atoms with Crippen LogP contribution >= 0.6 is 11.6 Å². The summed E-state index contributed by atoms with van der Waals surface area (Å²) in [5.74, 6) is 0.517. The number of rotatable bonds is 8. The third-order valence-corrected chi connectivity index (χ3v) is 7.78. The van der Waals surface area contributed by atoms with Gasteiger partial charge < -0.3 is 19.5 Å². The Hall–Kier alpha value is -4.41. The van der Waals surface area contributed by atoms with E-state index in [1.54, 1.807) is 16.9 Å². The first-order valence-corrected chi connectivity index (χ1v) is 13.6. The van der Waals surface area contributed by atoms with Gasteiger partial charge in [-0.25, -0.2) is 9.48 Å². The van der Waals surface area contributed by atoms with Crippen LogP contribution in [-0.4, -0.2) is 58.3 Å². The standard InChI is InChI=1S/C30H28ClN5O5/c1-39-30(38)24-17-36(34-33-24)22-13-25(35(16-22)15-21-12-26-27(14-23(21)31)41-18-40-26)29(37)32-28(19-8-4-2-5-9-19)20-10-6-3-7-11-20/h2-12,14,17,22,25,28H,13,15-16,18H2,1H3,(H,32,37)/t22-,25+/m1/s1. The Morgan fingerprint density at radius 1 is 1.05 bits per heavy atom. The van der Waals surface area contributed by atoms with Crippen LogP contribution in [0.25, 0.3) is 0 Å². The van der Waals surface area contributed by atoms with Crippen molar-refractivity contribution in [3.05, 3.63) is 106 Å². The number of halogens is 1. The molecule has 2 aliphatic heterocycles. The topological polar surface area (TPSA) is 108 Å². The van der Waals surface area contributed by atoms with Crippen LogP contribution in [-0.2, 0) is 16.1 Å². The largest absolute Gasteiger partial charge is 0.464 e. The maximum Gasteiger partial charge on any atom is 0.360 e. The number of amides is 1. The van der Waals surface area contributed by atoms with E-state index in [1.165, 1.54) is 7.11 Å². The van der Waals surface area contributed by atoms with Gasteiger partial charge in [0.15, 0.2) is 17.2 Å². The predicted molar refractivity (Wildman–Crippen MR) is 150 cm³/mol. The molecule has 4 aromatic rings. The number of carbonyl (C=O) groups is 2. The summed E-state index contributed by atoms with van der Waals surface area (Å²) in [6, 6.07) is 22.3. The molecule has 0 aliphatic carbocycles. The summed E-state index contributed by atoms with van der Waals surface area (Å²) < 4.78 is 17.4. The highest BCUT2D eigenvalue weighted by atomic mass is 35.5. The lowest BCUT2D eigenvalue weighted by Gasteiger charge is -2.27. The van der Waals surface area contributed by atoms with E-state index in [4.69, 9.17) is 25.8 Å². The second kappa shape index (κ2) is 11.6. The molecule has 0 bridgehead atoms. The van der Waals surface area contributed by atoms with E-state index in [2.05, 4.69) is 20.5 Å². The SMILES string of the molecule is COC(=O)c1cn([C@@H]2C[C@@H](C(=O)NC(c3ccccc3)c3ccccc3)N(Cc3cc4c(cc3Cl)OCO4)C2)nn1. The summed E-state index contributed by atoms with van der Waals surface area (Å²) in [6.07, 6.45) is 2.01. The van der Waals surface area contributed by atoms with Gasteiger partial charge in [0.1, 0.15) is 0 Å². The molecule has 1 aromatic heterocycles. The normalized spacial score (nSPS) is 18.0. The summed E-state index contributed by atoms with van der Waals surface area (Å²) in [6.45, 7) is 1.01. The molecule has 0 saturated carbocycles. The molecule has 10 nitrogen and oxygen atoms in total. The number of ether oxygens (including phenoxy) is 3. The number of likely N-dealkylation sites (tertiary alicyclic amines) is 1. The highest BCUT2D eigenvalue weighted by Crippen LogP contribution is 2.39.